The van der Waals surface area contributed by atoms with Gasteiger partial charge in [-0.15, -0.1) is 0 Å². The van der Waals surface area contributed by atoms with E-state index in [4.69, 9.17) is 9.15 Å². The summed E-state index contributed by atoms with van der Waals surface area (Å²) in [6.07, 6.45) is 1.63. The van der Waals surface area contributed by atoms with Crippen molar-refractivity contribution >= 4 is 16.9 Å². The Morgan fingerprint density at radius 1 is 1.20 bits per heavy atom. The summed E-state index contributed by atoms with van der Waals surface area (Å²) in [6.45, 7) is 2.11. The van der Waals surface area contributed by atoms with Gasteiger partial charge in [0.2, 0.25) is 0 Å². The summed E-state index contributed by atoms with van der Waals surface area (Å²) in [4.78, 5) is 16.0. The van der Waals surface area contributed by atoms with Crippen LogP contribution >= 0.6 is 0 Å². The molecule has 3 aromatic rings. The molecule has 0 unspecified atom stereocenters. The normalized spacial score (nSPS) is 10.7. The predicted molar refractivity (Wildman–Crippen MR) is 75.4 cm³/mol. The summed E-state index contributed by atoms with van der Waals surface area (Å²) in [7, 11) is 0. The third kappa shape index (κ3) is 2.16. The van der Waals surface area contributed by atoms with Crippen molar-refractivity contribution in [3.63, 3.8) is 0 Å². The molecule has 0 radical (unpaired) electrons. The van der Waals surface area contributed by atoms with Crippen molar-refractivity contribution in [1.29, 1.82) is 0 Å². The van der Waals surface area contributed by atoms with Gasteiger partial charge in [0, 0.05) is 10.9 Å². The molecule has 0 N–H and O–H groups in total. The van der Waals surface area contributed by atoms with Gasteiger partial charge in [-0.25, -0.2) is 9.78 Å². The quantitative estimate of drug-likeness (QED) is 0.679. The van der Waals surface area contributed by atoms with Gasteiger partial charge in [0.05, 0.1) is 18.4 Å². The number of carbonyl (C=O) groups excluding carboxylic acids is 1. The highest BCUT2D eigenvalue weighted by Gasteiger charge is 2.11. The summed E-state index contributed by atoms with van der Waals surface area (Å²) in [5.41, 5.74) is 2.01. The van der Waals surface area contributed by atoms with Gasteiger partial charge in [0.15, 0.2) is 0 Å². The molecule has 0 fully saturated rings. The zero-order valence-corrected chi connectivity index (χ0v) is 11.0. The van der Waals surface area contributed by atoms with Gasteiger partial charge < -0.3 is 9.15 Å². The van der Waals surface area contributed by atoms with Crippen molar-refractivity contribution < 1.29 is 13.9 Å². The molecule has 4 heteroatoms. The molecule has 2 aromatic heterocycles. The lowest BCUT2D eigenvalue weighted by Gasteiger charge is -2.06. The monoisotopic (exact) mass is 267 g/mol. The van der Waals surface area contributed by atoms with Crippen LogP contribution in [0, 0.1) is 0 Å². The van der Waals surface area contributed by atoms with Crippen molar-refractivity contribution in [2.24, 2.45) is 0 Å². The summed E-state index contributed by atoms with van der Waals surface area (Å²) in [5.74, 6) is 0.374. The fourth-order valence-corrected chi connectivity index (χ4v) is 2.12. The summed E-state index contributed by atoms with van der Waals surface area (Å²) >= 11 is 0. The molecular formula is C16H13NO3. The fraction of sp³-hybridized carbons (Fsp3) is 0.125. The van der Waals surface area contributed by atoms with Crippen LogP contribution < -0.4 is 0 Å². The maximum Gasteiger partial charge on any atom is 0.356 e. The topological polar surface area (TPSA) is 52.3 Å². The van der Waals surface area contributed by atoms with Crippen molar-refractivity contribution in [3.8, 4) is 11.3 Å². The Bertz CT molecular complexity index is 748. The van der Waals surface area contributed by atoms with Crippen LogP contribution in [0.15, 0.2) is 53.1 Å². The minimum absolute atomic E-state index is 0.316. The molecule has 20 heavy (non-hydrogen) atoms. The molecule has 0 bridgehead atoms. The summed E-state index contributed by atoms with van der Waals surface area (Å²) in [6, 6.07) is 13.0. The second-order valence-corrected chi connectivity index (χ2v) is 4.27. The Kier molecular flexibility index (Phi) is 3.21. The zero-order valence-electron chi connectivity index (χ0n) is 11.0. The van der Waals surface area contributed by atoms with E-state index in [1.54, 1.807) is 19.3 Å². The third-order valence-corrected chi connectivity index (χ3v) is 3.00. The number of fused-ring (bicyclic) bond motifs is 1. The Labute approximate surface area is 116 Å². The number of hydrogen-bond donors (Lipinski definition) is 0. The van der Waals surface area contributed by atoms with Crippen LogP contribution in [0.25, 0.3) is 22.2 Å². The first-order valence-electron chi connectivity index (χ1n) is 6.40. The van der Waals surface area contributed by atoms with Crippen LogP contribution in [-0.4, -0.2) is 17.6 Å². The molecule has 0 saturated heterocycles. The number of aromatic nitrogens is 1. The van der Waals surface area contributed by atoms with Gasteiger partial charge >= 0.3 is 5.97 Å². The highest BCUT2D eigenvalue weighted by molar-refractivity contribution is 5.96. The van der Waals surface area contributed by atoms with E-state index >= 15 is 0 Å². The van der Waals surface area contributed by atoms with Crippen LogP contribution in [0.1, 0.15) is 17.4 Å². The van der Waals surface area contributed by atoms with Crippen LogP contribution in [0.5, 0.6) is 0 Å². The largest absolute Gasteiger partial charge is 0.464 e. The van der Waals surface area contributed by atoms with E-state index in [0.29, 0.717) is 12.3 Å². The van der Waals surface area contributed by atoms with Crippen LogP contribution in [0.3, 0.4) is 0 Å². The smallest absolute Gasteiger partial charge is 0.356 e. The first kappa shape index (κ1) is 12.4. The Hall–Kier alpha value is -2.62. The minimum atomic E-state index is -0.405. The lowest BCUT2D eigenvalue weighted by atomic mass is 10.1. The average Bonchev–Trinajstić information content (AvgIpc) is 3.00. The molecule has 0 amide bonds. The van der Waals surface area contributed by atoms with E-state index in [2.05, 4.69) is 4.98 Å². The number of furan rings is 1. The highest BCUT2D eigenvalue weighted by atomic mass is 16.5. The second kappa shape index (κ2) is 5.17. The van der Waals surface area contributed by atoms with Gasteiger partial charge in [-0.05, 0) is 37.3 Å². The number of ether oxygens (including phenoxy) is 1. The van der Waals surface area contributed by atoms with Gasteiger partial charge in [-0.1, -0.05) is 12.1 Å². The molecule has 1 aromatic carbocycles. The molecule has 100 valence electrons. The van der Waals surface area contributed by atoms with E-state index in [1.165, 1.54) is 0 Å². The van der Waals surface area contributed by atoms with E-state index in [1.807, 2.05) is 36.4 Å². The zero-order chi connectivity index (χ0) is 13.9. The molecule has 2 heterocycles. The summed E-state index contributed by atoms with van der Waals surface area (Å²) < 4.78 is 10.4. The number of benzene rings is 1. The van der Waals surface area contributed by atoms with Crippen LogP contribution in [0.4, 0.5) is 0 Å². The number of nitrogens with zero attached hydrogens (tertiary/aromatic N) is 1. The van der Waals surface area contributed by atoms with Gasteiger partial charge in [-0.3, -0.25) is 0 Å². The van der Waals surface area contributed by atoms with E-state index < -0.39 is 5.97 Å². The number of rotatable bonds is 3. The van der Waals surface area contributed by atoms with E-state index in [0.717, 1.165) is 22.2 Å². The molecule has 0 aliphatic rings. The molecule has 0 spiro atoms. The number of carbonyl (C=O) groups is 1. The van der Waals surface area contributed by atoms with Crippen LogP contribution in [-0.2, 0) is 4.74 Å². The predicted octanol–water partition coefficient (Wildman–Crippen LogP) is 3.67. The van der Waals surface area contributed by atoms with E-state index in [9.17, 15) is 4.79 Å². The standard InChI is InChI=1S/C16H13NO3/c1-2-19-16(18)14-9-8-11-12(15-7-4-10-20-15)5-3-6-13(11)17-14/h3-10H,2H2,1H3. The minimum Gasteiger partial charge on any atom is -0.464 e. The maximum absolute atomic E-state index is 11.7. The highest BCUT2D eigenvalue weighted by Crippen LogP contribution is 2.28. The van der Waals surface area contributed by atoms with Crippen molar-refractivity contribution in [1.82, 2.24) is 4.98 Å². The number of esters is 1. The Balaban J connectivity index is 2.11. The SMILES string of the molecule is CCOC(=O)c1ccc2c(-c3ccco3)cccc2n1. The maximum atomic E-state index is 11.7. The van der Waals surface area contributed by atoms with Crippen LogP contribution in [0.2, 0.25) is 0 Å². The Morgan fingerprint density at radius 2 is 2.10 bits per heavy atom. The van der Waals surface area contributed by atoms with Crippen molar-refractivity contribution in [2.45, 2.75) is 6.92 Å². The molecule has 0 atom stereocenters. The van der Waals surface area contributed by atoms with E-state index in [-0.39, 0.29) is 0 Å². The molecule has 0 aliphatic carbocycles. The van der Waals surface area contributed by atoms with Gasteiger partial charge in [0.1, 0.15) is 11.5 Å². The third-order valence-electron chi connectivity index (χ3n) is 3.00. The molecule has 3 rings (SSSR count). The first-order chi connectivity index (χ1) is 9.79. The molecule has 0 aliphatic heterocycles. The summed E-state index contributed by atoms with van der Waals surface area (Å²) in [5, 5.41) is 0.940. The molecule has 0 saturated carbocycles. The molecule has 4 nitrogen and oxygen atoms in total. The molecular weight excluding hydrogens is 254 g/mol. The fourth-order valence-electron chi connectivity index (χ4n) is 2.12. The lowest BCUT2D eigenvalue weighted by molar-refractivity contribution is 0.0520. The van der Waals surface area contributed by atoms with Gasteiger partial charge in [0.25, 0.3) is 0 Å². The Morgan fingerprint density at radius 3 is 2.85 bits per heavy atom. The van der Waals surface area contributed by atoms with Crippen molar-refractivity contribution in [3.05, 3.63) is 54.4 Å². The number of hydrogen-bond acceptors (Lipinski definition) is 4. The van der Waals surface area contributed by atoms with Crippen molar-refractivity contribution in [2.75, 3.05) is 6.61 Å². The van der Waals surface area contributed by atoms with Gasteiger partial charge in [-0.2, -0.15) is 0 Å². The number of pyridine rings is 1. The second-order valence-electron chi connectivity index (χ2n) is 4.27. The average molecular weight is 267 g/mol. The first-order valence-corrected chi connectivity index (χ1v) is 6.40. The lowest BCUT2D eigenvalue weighted by Crippen LogP contribution is -2.06.